The van der Waals surface area contributed by atoms with Crippen molar-refractivity contribution in [2.24, 2.45) is 0 Å². The highest BCUT2D eigenvalue weighted by Crippen LogP contribution is 2.33. The lowest BCUT2D eigenvalue weighted by Crippen LogP contribution is -1.90. The molecule has 0 aliphatic rings. The van der Waals surface area contributed by atoms with Crippen LogP contribution in [0.1, 0.15) is 0 Å². The number of pyridine rings is 1. The number of anilines is 1. The van der Waals surface area contributed by atoms with Gasteiger partial charge in [-0.1, -0.05) is 29.4 Å². The van der Waals surface area contributed by atoms with Crippen LogP contribution in [0.2, 0.25) is 5.02 Å². The number of rotatable bonds is 2. The second-order valence-corrected chi connectivity index (χ2v) is 5.26. The van der Waals surface area contributed by atoms with Gasteiger partial charge in [-0.3, -0.25) is 0 Å². The smallest absolute Gasteiger partial charge is 0.125 e. The zero-order valence-electron chi connectivity index (χ0n) is 7.11. The lowest BCUT2D eigenvalue weighted by atomic mass is 10.4. The Labute approximate surface area is 95.1 Å². The number of hydrogen-bond acceptors (Lipinski definition) is 4. The maximum Gasteiger partial charge on any atom is 0.125 e. The van der Waals surface area contributed by atoms with Gasteiger partial charge < -0.3 is 5.73 Å². The summed E-state index contributed by atoms with van der Waals surface area (Å²) in [6.45, 7) is 0. The van der Waals surface area contributed by atoms with Gasteiger partial charge in [0.05, 0.1) is 14.9 Å². The molecule has 2 N–H and O–H groups in total. The molecule has 0 saturated carbocycles. The van der Waals surface area contributed by atoms with Crippen molar-refractivity contribution in [1.82, 2.24) is 4.98 Å². The first-order valence-corrected chi connectivity index (χ1v) is 5.95. The highest BCUT2D eigenvalue weighted by molar-refractivity contribution is 8.01. The van der Waals surface area contributed by atoms with Gasteiger partial charge in [-0.15, -0.1) is 11.3 Å². The highest BCUT2D eigenvalue weighted by Gasteiger charge is 2.04. The van der Waals surface area contributed by atoms with E-state index in [0.717, 1.165) is 5.03 Å². The summed E-state index contributed by atoms with van der Waals surface area (Å²) in [6, 6.07) is 5.74. The first-order chi connectivity index (χ1) is 6.75. The molecule has 0 aliphatic carbocycles. The van der Waals surface area contributed by atoms with Gasteiger partial charge in [0.15, 0.2) is 0 Å². The molecule has 2 aromatic heterocycles. The van der Waals surface area contributed by atoms with E-state index in [4.69, 9.17) is 17.3 Å². The van der Waals surface area contributed by atoms with Gasteiger partial charge >= 0.3 is 0 Å². The minimum absolute atomic E-state index is 0.568. The van der Waals surface area contributed by atoms with Crippen molar-refractivity contribution in [3.8, 4) is 0 Å². The Morgan fingerprint density at radius 3 is 3.00 bits per heavy atom. The van der Waals surface area contributed by atoms with Crippen molar-refractivity contribution in [3.63, 3.8) is 0 Å². The summed E-state index contributed by atoms with van der Waals surface area (Å²) in [5.74, 6) is 0. The predicted octanol–water partition coefficient (Wildman–Crippen LogP) is 3.53. The van der Waals surface area contributed by atoms with Gasteiger partial charge in [0.2, 0.25) is 0 Å². The molecule has 0 saturated heterocycles. The third-order valence-electron chi connectivity index (χ3n) is 1.54. The van der Waals surface area contributed by atoms with Crippen molar-refractivity contribution >= 4 is 40.4 Å². The summed E-state index contributed by atoms with van der Waals surface area (Å²) in [5, 5.41) is 3.39. The summed E-state index contributed by atoms with van der Waals surface area (Å²) in [5.41, 5.74) is 6.40. The Bertz CT molecular complexity index is 428. The normalized spacial score (nSPS) is 10.4. The van der Waals surface area contributed by atoms with E-state index in [-0.39, 0.29) is 0 Å². The molecule has 0 aromatic carbocycles. The van der Waals surface area contributed by atoms with E-state index in [1.165, 1.54) is 4.21 Å². The zero-order valence-corrected chi connectivity index (χ0v) is 9.49. The van der Waals surface area contributed by atoms with Gasteiger partial charge in [0.25, 0.3) is 0 Å². The van der Waals surface area contributed by atoms with E-state index in [9.17, 15) is 0 Å². The van der Waals surface area contributed by atoms with E-state index in [0.29, 0.717) is 10.7 Å². The van der Waals surface area contributed by atoms with Crippen molar-refractivity contribution < 1.29 is 0 Å². The van der Waals surface area contributed by atoms with Crippen LogP contribution in [-0.2, 0) is 0 Å². The maximum atomic E-state index is 5.77. The third-order valence-corrected chi connectivity index (χ3v) is 3.82. The van der Waals surface area contributed by atoms with Gasteiger partial charge in [-0.25, -0.2) is 4.98 Å². The molecular weight excluding hydrogens is 236 g/mol. The fraction of sp³-hybridized carbons (Fsp3) is 0. The van der Waals surface area contributed by atoms with Gasteiger partial charge in [0, 0.05) is 6.20 Å². The molecule has 14 heavy (non-hydrogen) atoms. The maximum absolute atomic E-state index is 5.77. The molecule has 0 atom stereocenters. The molecule has 0 spiro atoms. The average molecular weight is 243 g/mol. The number of nitrogen functional groups attached to an aromatic ring is 1. The first-order valence-electron chi connectivity index (χ1n) is 3.88. The van der Waals surface area contributed by atoms with Crippen molar-refractivity contribution in [2.75, 3.05) is 5.73 Å². The number of nitrogens with zero attached hydrogens (tertiary/aromatic N) is 1. The molecule has 0 aliphatic heterocycles. The van der Waals surface area contributed by atoms with Gasteiger partial charge in [-0.05, 0) is 17.5 Å². The summed E-state index contributed by atoms with van der Waals surface area (Å²) >= 11 is 8.97. The molecule has 2 nitrogen and oxygen atoms in total. The van der Waals surface area contributed by atoms with Crippen LogP contribution in [-0.4, -0.2) is 4.98 Å². The Kier molecular flexibility index (Phi) is 2.96. The number of aromatic nitrogens is 1. The van der Waals surface area contributed by atoms with E-state index >= 15 is 0 Å². The number of halogens is 1. The van der Waals surface area contributed by atoms with E-state index in [1.54, 1.807) is 35.4 Å². The lowest BCUT2D eigenvalue weighted by molar-refractivity contribution is 1.14. The molecule has 0 fully saturated rings. The van der Waals surface area contributed by atoms with Crippen molar-refractivity contribution in [3.05, 3.63) is 34.8 Å². The molecular formula is C9H7ClN2S2. The van der Waals surface area contributed by atoms with Crippen LogP contribution >= 0.6 is 34.7 Å². The fourth-order valence-electron chi connectivity index (χ4n) is 0.945. The standard InChI is InChI=1S/C9H7ClN2S2/c10-6-4-7(11)9(12-5-6)14-8-2-1-3-13-8/h1-5H,11H2. The predicted molar refractivity (Wildman–Crippen MR) is 62.1 cm³/mol. The number of nitrogens with two attached hydrogens (primary N) is 1. The molecule has 0 unspecified atom stereocenters. The molecule has 2 heterocycles. The summed E-state index contributed by atoms with van der Waals surface area (Å²) in [6.07, 6.45) is 1.61. The van der Waals surface area contributed by atoms with E-state index < -0.39 is 0 Å². The fourth-order valence-corrected chi connectivity index (χ4v) is 2.77. The molecule has 72 valence electrons. The highest BCUT2D eigenvalue weighted by atomic mass is 35.5. The monoisotopic (exact) mass is 242 g/mol. The van der Waals surface area contributed by atoms with Crippen LogP contribution in [0.4, 0.5) is 5.69 Å². The van der Waals surface area contributed by atoms with Crippen LogP contribution in [0.5, 0.6) is 0 Å². The van der Waals surface area contributed by atoms with Crippen LogP contribution in [0, 0.1) is 0 Å². The molecule has 0 amide bonds. The Hall–Kier alpha value is -0.710. The Morgan fingerprint density at radius 1 is 1.50 bits per heavy atom. The summed E-state index contributed by atoms with van der Waals surface area (Å²) in [7, 11) is 0. The minimum Gasteiger partial charge on any atom is -0.396 e. The van der Waals surface area contributed by atoms with Crippen LogP contribution in [0.25, 0.3) is 0 Å². The minimum atomic E-state index is 0.568. The third kappa shape index (κ3) is 2.20. The molecule has 0 bridgehead atoms. The molecule has 2 rings (SSSR count). The van der Waals surface area contributed by atoms with Crippen LogP contribution < -0.4 is 5.73 Å². The van der Waals surface area contributed by atoms with Crippen LogP contribution in [0.3, 0.4) is 0 Å². The number of hydrogen-bond donors (Lipinski definition) is 1. The quantitative estimate of drug-likeness (QED) is 0.876. The molecule has 2 aromatic rings. The van der Waals surface area contributed by atoms with Gasteiger partial charge in [0.1, 0.15) is 5.03 Å². The SMILES string of the molecule is Nc1cc(Cl)cnc1Sc1cccs1. The first kappa shape index (κ1) is 9.83. The topological polar surface area (TPSA) is 38.9 Å². The molecule has 0 radical (unpaired) electrons. The van der Waals surface area contributed by atoms with Crippen molar-refractivity contribution in [1.29, 1.82) is 0 Å². The second kappa shape index (κ2) is 4.21. The van der Waals surface area contributed by atoms with Gasteiger partial charge in [-0.2, -0.15) is 0 Å². The molecule has 5 heteroatoms. The van der Waals surface area contributed by atoms with E-state index in [2.05, 4.69) is 4.98 Å². The average Bonchev–Trinajstić information content (AvgIpc) is 2.62. The van der Waals surface area contributed by atoms with Crippen molar-refractivity contribution in [2.45, 2.75) is 9.24 Å². The number of thiophene rings is 1. The summed E-state index contributed by atoms with van der Waals surface area (Å²) < 4.78 is 1.17. The Balaban J connectivity index is 2.25. The summed E-state index contributed by atoms with van der Waals surface area (Å²) in [4.78, 5) is 4.17. The largest absolute Gasteiger partial charge is 0.396 e. The zero-order chi connectivity index (χ0) is 9.97. The van der Waals surface area contributed by atoms with Crippen LogP contribution in [0.15, 0.2) is 39.0 Å². The second-order valence-electron chi connectivity index (χ2n) is 2.58. The van der Waals surface area contributed by atoms with E-state index in [1.807, 2.05) is 17.5 Å². The Morgan fingerprint density at radius 2 is 2.36 bits per heavy atom. The lowest BCUT2D eigenvalue weighted by Gasteiger charge is -2.01.